The van der Waals surface area contributed by atoms with Crippen molar-refractivity contribution in [2.24, 2.45) is 5.84 Å². The van der Waals surface area contributed by atoms with E-state index in [1.807, 2.05) is 12.3 Å². The monoisotopic (exact) mass is 273 g/mol. The first-order valence-electron chi connectivity index (χ1n) is 5.74. The lowest BCUT2D eigenvalue weighted by molar-refractivity contribution is -0.130. The van der Waals surface area contributed by atoms with E-state index in [1.165, 1.54) is 4.90 Å². The lowest BCUT2D eigenvalue weighted by Crippen LogP contribution is -2.39. The minimum absolute atomic E-state index is 0.227. The SMILES string of the molecule is CCN(C)C(=O)C(C)Nc1nc(NN)c(F)cc1F. The van der Waals surface area contributed by atoms with Gasteiger partial charge in [0.05, 0.1) is 0 Å². The van der Waals surface area contributed by atoms with Gasteiger partial charge in [-0.15, -0.1) is 0 Å². The van der Waals surface area contributed by atoms with E-state index in [0.717, 1.165) is 0 Å². The topological polar surface area (TPSA) is 83.3 Å². The van der Waals surface area contributed by atoms with E-state index in [1.54, 1.807) is 14.0 Å². The number of carbonyl (C=O) groups is 1. The summed E-state index contributed by atoms with van der Waals surface area (Å²) in [6.07, 6.45) is 0. The lowest BCUT2D eigenvalue weighted by atomic mass is 10.3. The smallest absolute Gasteiger partial charge is 0.244 e. The van der Waals surface area contributed by atoms with Crippen LogP contribution < -0.4 is 16.6 Å². The summed E-state index contributed by atoms with van der Waals surface area (Å²) >= 11 is 0. The number of pyridine rings is 1. The van der Waals surface area contributed by atoms with Crippen LogP contribution in [0.5, 0.6) is 0 Å². The van der Waals surface area contributed by atoms with Crippen molar-refractivity contribution < 1.29 is 13.6 Å². The van der Waals surface area contributed by atoms with Gasteiger partial charge in [-0.2, -0.15) is 0 Å². The fourth-order valence-corrected chi connectivity index (χ4v) is 1.42. The Morgan fingerprint density at radius 3 is 2.58 bits per heavy atom. The molecule has 1 aromatic rings. The standard InChI is InChI=1S/C11H17F2N5O/c1-4-18(3)11(19)6(2)15-9-7(12)5-8(13)10(16-9)17-14/h5-6H,4,14H2,1-3H3,(H2,15,16,17). The van der Waals surface area contributed by atoms with E-state index in [4.69, 9.17) is 5.84 Å². The van der Waals surface area contributed by atoms with Crippen molar-refractivity contribution in [2.45, 2.75) is 19.9 Å². The molecule has 0 aromatic carbocycles. The largest absolute Gasteiger partial charge is 0.356 e. The molecule has 0 aliphatic rings. The van der Waals surface area contributed by atoms with Crippen molar-refractivity contribution in [3.8, 4) is 0 Å². The molecule has 0 aliphatic heterocycles. The Labute approximate surface area is 110 Å². The molecule has 4 N–H and O–H groups in total. The third kappa shape index (κ3) is 3.50. The molecule has 1 aromatic heterocycles. The van der Waals surface area contributed by atoms with Gasteiger partial charge < -0.3 is 15.6 Å². The zero-order chi connectivity index (χ0) is 14.6. The van der Waals surface area contributed by atoms with E-state index in [2.05, 4.69) is 10.3 Å². The van der Waals surface area contributed by atoms with Crippen LogP contribution in [0.25, 0.3) is 0 Å². The van der Waals surface area contributed by atoms with Crippen LogP contribution in [0.15, 0.2) is 6.07 Å². The minimum atomic E-state index is -0.907. The molecule has 6 nitrogen and oxygen atoms in total. The Balaban J connectivity index is 2.90. The molecule has 106 valence electrons. The van der Waals surface area contributed by atoms with Crippen molar-refractivity contribution >= 4 is 17.5 Å². The molecule has 1 heterocycles. The summed E-state index contributed by atoms with van der Waals surface area (Å²) in [7, 11) is 1.63. The Hall–Kier alpha value is -1.96. The first kappa shape index (κ1) is 15.1. The van der Waals surface area contributed by atoms with Gasteiger partial charge in [0.15, 0.2) is 23.3 Å². The second-order valence-electron chi connectivity index (χ2n) is 4.01. The third-order valence-corrected chi connectivity index (χ3v) is 2.64. The number of halogens is 2. The van der Waals surface area contributed by atoms with Crippen LogP contribution in [-0.2, 0) is 4.79 Å². The number of nitrogen functional groups attached to an aromatic ring is 1. The molecule has 8 heteroatoms. The lowest BCUT2D eigenvalue weighted by Gasteiger charge is -2.21. The number of nitrogens with two attached hydrogens (primary N) is 1. The molecule has 0 spiro atoms. The van der Waals surface area contributed by atoms with Crippen molar-refractivity contribution in [1.29, 1.82) is 0 Å². The number of nitrogens with one attached hydrogen (secondary N) is 2. The number of aromatic nitrogens is 1. The highest BCUT2D eigenvalue weighted by atomic mass is 19.1. The zero-order valence-electron chi connectivity index (χ0n) is 11.0. The summed E-state index contributed by atoms with van der Waals surface area (Å²) in [5.74, 6) is 2.49. The van der Waals surface area contributed by atoms with Gasteiger partial charge in [0.2, 0.25) is 5.91 Å². The summed E-state index contributed by atoms with van der Waals surface area (Å²) in [6.45, 7) is 3.91. The van der Waals surface area contributed by atoms with E-state index in [9.17, 15) is 13.6 Å². The van der Waals surface area contributed by atoms with Gasteiger partial charge in [0.1, 0.15) is 6.04 Å². The number of nitrogens with zero attached hydrogens (tertiary/aromatic N) is 2. The minimum Gasteiger partial charge on any atom is -0.356 e. The Bertz CT molecular complexity index is 469. The zero-order valence-corrected chi connectivity index (χ0v) is 11.0. The first-order chi connectivity index (χ1) is 8.90. The average Bonchev–Trinajstić information content (AvgIpc) is 2.39. The van der Waals surface area contributed by atoms with Crippen molar-refractivity contribution in [3.63, 3.8) is 0 Å². The van der Waals surface area contributed by atoms with Crippen LogP contribution in [0.3, 0.4) is 0 Å². The molecule has 0 fully saturated rings. The van der Waals surface area contributed by atoms with Crippen LogP contribution in [0, 0.1) is 11.6 Å². The molecule has 1 unspecified atom stereocenters. The molecule has 0 bridgehead atoms. The van der Waals surface area contributed by atoms with Gasteiger partial charge in [-0.05, 0) is 13.8 Å². The Kier molecular flexibility index (Phi) is 4.99. The fourth-order valence-electron chi connectivity index (χ4n) is 1.42. The number of hydrogen-bond donors (Lipinski definition) is 3. The highest BCUT2D eigenvalue weighted by Crippen LogP contribution is 2.19. The van der Waals surface area contributed by atoms with Crippen LogP contribution in [0.4, 0.5) is 20.4 Å². The average molecular weight is 273 g/mol. The highest BCUT2D eigenvalue weighted by molar-refractivity contribution is 5.83. The van der Waals surface area contributed by atoms with Gasteiger partial charge in [0, 0.05) is 19.7 Å². The molecular formula is C11H17F2N5O. The fraction of sp³-hybridized carbons (Fsp3) is 0.455. The van der Waals surface area contributed by atoms with Gasteiger partial charge >= 0.3 is 0 Å². The predicted molar refractivity (Wildman–Crippen MR) is 68.4 cm³/mol. The molecule has 0 aliphatic carbocycles. The second kappa shape index (κ2) is 6.28. The Morgan fingerprint density at radius 2 is 2.05 bits per heavy atom. The van der Waals surface area contributed by atoms with Gasteiger partial charge in [-0.1, -0.05) is 0 Å². The number of amides is 1. The van der Waals surface area contributed by atoms with Crippen LogP contribution in [-0.4, -0.2) is 35.4 Å². The molecule has 0 saturated carbocycles. The van der Waals surface area contributed by atoms with Crippen molar-refractivity contribution in [1.82, 2.24) is 9.88 Å². The van der Waals surface area contributed by atoms with Crippen LogP contribution >= 0.6 is 0 Å². The van der Waals surface area contributed by atoms with Gasteiger partial charge in [-0.3, -0.25) is 4.79 Å². The van der Waals surface area contributed by atoms with Crippen LogP contribution in [0.1, 0.15) is 13.8 Å². The van der Waals surface area contributed by atoms with E-state index < -0.39 is 17.7 Å². The van der Waals surface area contributed by atoms with E-state index in [0.29, 0.717) is 12.6 Å². The summed E-state index contributed by atoms with van der Waals surface area (Å²) in [4.78, 5) is 16.9. The van der Waals surface area contributed by atoms with E-state index in [-0.39, 0.29) is 17.5 Å². The summed E-state index contributed by atoms with van der Waals surface area (Å²) < 4.78 is 26.7. The number of hydrogen-bond acceptors (Lipinski definition) is 5. The number of hydrazine groups is 1. The molecule has 1 atom stereocenters. The first-order valence-corrected chi connectivity index (χ1v) is 5.74. The molecular weight excluding hydrogens is 256 g/mol. The van der Waals surface area contributed by atoms with Gasteiger partial charge in [0.25, 0.3) is 0 Å². The quantitative estimate of drug-likeness (QED) is 0.549. The maximum Gasteiger partial charge on any atom is 0.244 e. The number of carbonyl (C=O) groups excluding carboxylic acids is 1. The van der Waals surface area contributed by atoms with E-state index >= 15 is 0 Å². The maximum atomic E-state index is 13.5. The second-order valence-corrected chi connectivity index (χ2v) is 4.01. The number of anilines is 2. The number of likely N-dealkylation sites (N-methyl/N-ethyl adjacent to an activating group) is 1. The molecule has 0 radical (unpaired) electrons. The van der Waals surface area contributed by atoms with Crippen LogP contribution in [0.2, 0.25) is 0 Å². The molecule has 0 saturated heterocycles. The highest BCUT2D eigenvalue weighted by Gasteiger charge is 2.19. The van der Waals surface area contributed by atoms with Crippen molar-refractivity contribution in [2.75, 3.05) is 24.3 Å². The van der Waals surface area contributed by atoms with Crippen molar-refractivity contribution in [3.05, 3.63) is 17.7 Å². The number of rotatable bonds is 5. The molecule has 1 rings (SSSR count). The third-order valence-electron chi connectivity index (χ3n) is 2.64. The summed E-state index contributed by atoms with van der Waals surface area (Å²) in [5.41, 5.74) is 2.01. The summed E-state index contributed by atoms with van der Waals surface area (Å²) in [6, 6.07) is -0.0475. The van der Waals surface area contributed by atoms with Gasteiger partial charge in [-0.25, -0.2) is 19.6 Å². The molecule has 1 amide bonds. The summed E-state index contributed by atoms with van der Waals surface area (Å²) in [5, 5.41) is 2.59. The Morgan fingerprint density at radius 1 is 1.47 bits per heavy atom. The molecule has 19 heavy (non-hydrogen) atoms. The predicted octanol–water partition coefficient (Wildman–Crippen LogP) is 0.924. The maximum absolute atomic E-state index is 13.5. The normalized spacial score (nSPS) is 11.9.